The molecule has 5 heterocycles. The topological polar surface area (TPSA) is 70.8 Å². The van der Waals surface area contributed by atoms with Crippen LogP contribution in [-0.2, 0) is 6.54 Å². The monoisotopic (exact) mass is 445 g/mol. The molecule has 168 valence electrons. The van der Waals surface area contributed by atoms with Crippen LogP contribution in [-0.4, -0.2) is 61.7 Å². The number of aromatic nitrogens is 2. The molecule has 0 aliphatic carbocycles. The highest BCUT2D eigenvalue weighted by atomic mass is 19.1. The fourth-order valence-electron chi connectivity index (χ4n) is 5.69. The number of nitrogens with zero attached hydrogens (tertiary/aromatic N) is 6. The van der Waals surface area contributed by atoms with Crippen LogP contribution in [0.4, 0.5) is 15.8 Å². The summed E-state index contributed by atoms with van der Waals surface area (Å²) in [6.45, 7) is 7.27. The summed E-state index contributed by atoms with van der Waals surface area (Å²) in [6, 6.07) is 12.7. The Morgan fingerprint density at radius 2 is 2.12 bits per heavy atom. The average Bonchev–Trinajstić information content (AvgIpc) is 3.48. The van der Waals surface area contributed by atoms with Crippen molar-refractivity contribution in [1.29, 1.82) is 5.26 Å². The molecule has 8 heteroatoms. The summed E-state index contributed by atoms with van der Waals surface area (Å²) in [5.74, 6) is -0.411. The van der Waals surface area contributed by atoms with Crippen LogP contribution in [0.5, 0.6) is 0 Å². The van der Waals surface area contributed by atoms with E-state index in [0.29, 0.717) is 11.2 Å². The first-order valence-corrected chi connectivity index (χ1v) is 11.4. The van der Waals surface area contributed by atoms with Gasteiger partial charge in [0, 0.05) is 44.2 Å². The zero-order valence-electron chi connectivity index (χ0n) is 18.7. The van der Waals surface area contributed by atoms with Crippen LogP contribution in [0.3, 0.4) is 0 Å². The Morgan fingerprint density at radius 3 is 2.88 bits per heavy atom. The van der Waals surface area contributed by atoms with Crippen molar-refractivity contribution in [3.8, 4) is 6.07 Å². The van der Waals surface area contributed by atoms with Crippen LogP contribution in [0.25, 0.3) is 5.52 Å². The van der Waals surface area contributed by atoms with Crippen molar-refractivity contribution in [3.63, 3.8) is 0 Å². The van der Waals surface area contributed by atoms with Crippen molar-refractivity contribution < 1.29 is 14.1 Å². The molecular weight excluding hydrogens is 419 g/mol. The molecule has 3 aliphatic heterocycles. The van der Waals surface area contributed by atoms with E-state index >= 15 is 0 Å². The van der Waals surface area contributed by atoms with E-state index in [1.54, 1.807) is 6.07 Å². The third-order valence-electron chi connectivity index (χ3n) is 7.36. The fraction of sp³-hybridized carbons (Fsp3) is 0.400. The van der Waals surface area contributed by atoms with Gasteiger partial charge in [-0.05, 0) is 37.1 Å². The molecule has 7 nitrogen and oxygen atoms in total. The van der Waals surface area contributed by atoms with Crippen LogP contribution in [0.1, 0.15) is 43.1 Å². The lowest BCUT2D eigenvalue weighted by atomic mass is 10.0. The summed E-state index contributed by atoms with van der Waals surface area (Å²) in [5.41, 5.74) is 4.44. The first kappa shape index (κ1) is 20.3. The van der Waals surface area contributed by atoms with Crippen molar-refractivity contribution in [3.05, 3.63) is 59.2 Å². The SMILES string of the molecule is C[C@@H]1CN(c2ccc(C#N)n3ncc(F)c23)C[C@@H]2c3ccc([N+]4=C[C@](C)(O)CC4)cc3CN12. The molecule has 0 saturated carbocycles. The number of pyridine rings is 1. The Hall–Kier alpha value is -3.28. The molecule has 0 spiro atoms. The molecule has 1 fully saturated rings. The lowest BCUT2D eigenvalue weighted by Crippen LogP contribution is -2.51. The quantitative estimate of drug-likeness (QED) is 0.614. The number of halogens is 1. The second-order valence-corrected chi connectivity index (χ2v) is 9.72. The van der Waals surface area contributed by atoms with Crippen LogP contribution < -0.4 is 4.90 Å². The Bertz CT molecular complexity index is 1350. The lowest BCUT2D eigenvalue weighted by Gasteiger charge is -2.43. The molecule has 6 rings (SSSR count). The van der Waals surface area contributed by atoms with Crippen molar-refractivity contribution in [1.82, 2.24) is 14.5 Å². The van der Waals surface area contributed by atoms with Crippen molar-refractivity contribution in [2.75, 3.05) is 24.5 Å². The summed E-state index contributed by atoms with van der Waals surface area (Å²) in [6.07, 6.45) is 3.82. The van der Waals surface area contributed by atoms with Gasteiger partial charge in [0.05, 0.1) is 17.9 Å². The van der Waals surface area contributed by atoms with Crippen molar-refractivity contribution in [2.24, 2.45) is 0 Å². The number of hydrogen-bond donors (Lipinski definition) is 1. The standard InChI is InChI=1S/C25H26FN6O/c1-16-12-30(22-6-4-19(10-27)32-24(22)21(26)11-28-32)14-23-20-5-3-18(9-17(20)13-31(16)23)29-8-7-25(2,33)15-29/h3-6,9,11,15-16,23,33H,7-8,12-14H2,1-2H3/q+1/t16-,23-,25-/m1/s1. The smallest absolute Gasteiger partial charge is 0.205 e. The van der Waals surface area contributed by atoms with E-state index in [1.807, 2.05) is 19.2 Å². The number of benzene rings is 1. The molecule has 1 N–H and O–H groups in total. The molecule has 1 saturated heterocycles. The Kier molecular flexibility index (Phi) is 4.38. The van der Waals surface area contributed by atoms with E-state index in [1.165, 1.54) is 21.8 Å². The molecule has 0 bridgehead atoms. The van der Waals surface area contributed by atoms with E-state index in [-0.39, 0.29) is 12.1 Å². The van der Waals surface area contributed by atoms with Gasteiger partial charge < -0.3 is 10.0 Å². The lowest BCUT2D eigenvalue weighted by molar-refractivity contribution is -0.426. The van der Waals surface area contributed by atoms with Gasteiger partial charge in [0.2, 0.25) is 5.69 Å². The van der Waals surface area contributed by atoms with Gasteiger partial charge in [-0.25, -0.2) is 8.91 Å². The number of hydrogen-bond acceptors (Lipinski definition) is 5. The maximum Gasteiger partial charge on any atom is 0.205 e. The maximum absolute atomic E-state index is 14.7. The number of anilines is 1. The molecule has 0 amide bonds. The van der Waals surface area contributed by atoms with Gasteiger partial charge in [0.15, 0.2) is 18.6 Å². The highest BCUT2D eigenvalue weighted by Crippen LogP contribution is 2.42. The van der Waals surface area contributed by atoms with Crippen molar-refractivity contribution >= 4 is 23.1 Å². The normalized spacial score (nSPS) is 26.9. The number of rotatable bonds is 2. The van der Waals surface area contributed by atoms with Gasteiger partial charge >= 0.3 is 0 Å². The second kappa shape index (κ2) is 7.11. The Morgan fingerprint density at radius 1 is 1.27 bits per heavy atom. The van der Waals surface area contributed by atoms with Gasteiger partial charge in [0.1, 0.15) is 22.9 Å². The minimum atomic E-state index is -0.749. The van der Waals surface area contributed by atoms with E-state index < -0.39 is 11.4 Å². The summed E-state index contributed by atoms with van der Waals surface area (Å²) >= 11 is 0. The number of aliphatic hydroxyl groups is 1. The second-order valence-electron chi connectivity index (χ2n) is 9.72. The van der Waals surface area contributed by atoms with E-state index in [2.05, 4.69) is 50.7 Å². The summed E-state index contributed by atoms with van der Waals surface area (Å²) in [7, 11) is 0. The highest BCUT2D eigenvalue weighted by Gasteiger charge is 2.40. The zero-order valence-corrected chi connectivity index (χ0v) is 18.7. The highest BCUT2D eigenvalue weighted by molar-refractivity contribution is 5.75. The third kappa shape index (κ3) is 3.15. The first-order valence-electron chi connectivity index (χ1n) is 11.4. The molecular formula is C25H26FN6O+. The van der Waals surface area contributed by atoms with E-state index in [9.17, 15) is 14.8 Å². The first-order chi connectivity index (χ1) is 15.8. The van der Waals surface area contributed by atoms with E-state index in [0.717, 1.165) is 44.0 Å². The van der Waals surface area contributed by atoms with Gasteiger partial charge in [-0.2, -0.15) is 14.9 Å². The Labute approximate surface area is 191 Å². The minimum Gasteiger partial charge on any atom is -0.380 e. The van der Waals surface area contributed by atoms with Crippen LogP contribution in [0.15, 0.2) is 36.5 Å². The number of fused-ring (bicyclic) bond motifs is 4. The van der Waals surface area contributed by atoms with Crippen molar-refractivity contribution in [2.45, 2.75) is 44.5 Å². The molecule has 0 unspecified atom stereocenters. The van der Waals surface area contributed by atoms with Gasteiger partial charge in [-0.1, -0.05) is 6.07 Å². The zero-order chi connectivity index (χ0) is 22.9. The number of piperazine rings is 1. The van der Waals surface area contributed by atoms with Gasteiger partial charge in [-0.3, -0.25) is 4.90 Å². The predicted molar refractivity (Wildman–Crippen MR) is 122 cm³/mol. The molecule has 0 radical (unpaired) electrons. The molecule has 1 aromatic carbocycles. The number of nitriles is 1. The predicted octanol–water partition coefficient (Wildman–Crippen LogP) is 2.98. The molecule has 3 aliphatic rings. The van der Waals surface area contributed by atoms with Crippen LogP contribution in [0.2, 0.25) is 0 Å². The van der Waals surface area contributed by atoms with Gasteiger partial charge in [-0.15, -0.1) is 0 Å². The summed E-state index contributed by atoms with van der Waals surface area (Å²) in [4.78, 5) is 4.74. The van der Waals surface area contributed by atoms with Crippen LogP contribution >= 0.6 is 0 Å². The van der Waals surface area contributed by atoms with Crippen LogP contribution in [0, 0.1) is 17.1 Å². The maximum atomic E-state index is 14.7. The Balaban J connectivity index is 1.35. The largest absolute Gasteiger partial charge is 0.380 e. The van der Waals surface area contributed by atoms with Gasteiger partial charge in [0.25, 0.3) is 0 Å². The molecule has 33 heavy (non-hydrogen) atoms. The third-order valence-corrected chi connectivity index (χ3v) is 7.36. The molecule has 3 atom stereocenters. The average molecular weight is 446 g/mol. The van der Waals surface area contributed by atoms with E-state index in [4.69, 9.17) is 0 Å². The summed E-state index contributed by atoms with van der Waals surface area (Å²) in [5, 5.41) is 23.8. The molecule has 3 aromatic rings. The summed E-state index contributed by atoms with van der Waals surface area (Å²) < 4.78 is 18.2. The fourth-order valence-corrected chi connectivity index (χ4v) is 5.69. The molecule has 2 aromatic heterocycles. The minimum absolute atomic E-state index is 0.213.